The minimum atomic E-state index is -1.06. The predicted octanol–water partition coefficient (Wildman–Crippen LogP) is 6.16. The fourth-order valence-electron chi connectivity index (χ4n) is 4.74. The van der Waals surface area contributed by atoms with E-state index in [0.29, 0.717) is 25.5 Å². The largest absolute Gasteiger partial charge is 0.494 e. The second-order valence-corrected chi connectivity index (χ2v) is 10.6. The van der Waals surface area contributed by atoms with Crippen molar-refractivity contribution >= 4 is 11.9 Å². The summed E-state index contributed by atoms with van der Waals surface area (Å²) in [5.74, 6) is -0.0338. The third kappa shape index (κ3) is 10.5. The summed E-state index contributed by atoms with van der Waals surface area (Å²) < 4.78 is 11.7. The molecule has 1 heterocycles. The van der Waals surface area contributed by atoms with Gasteiger partial charge in [0.05, 0.1) is 18.9 Å². The lowest BCUT2D eigenvalue weighted by molar-refractivity contribution is -0.141. The first-order chi connectivity index (χ1) is 21.5. The van der Waals surface area contributed by atoms with Gasteiger partial charge in [-0.25, -0.2) is 9.78 Å². The molecule has 1 atom stereocenters. The molecular weight excluding hydrogens is 554 g/mol. The number of carbonyl (C=O) groups excluding carboxylic acids is 1. The quantitative estimate of drug-likeness (QED) is 0.118. The Kier molecular flexibility index (Phi) is 12.8. The first-order valence-electron chi connectivity index (χ1n) is 15.2. The Morgan fingerprint density at radius 1 is 0.773 bits per heavy atom. The van der Waals surface area contributed by atoms with E-state index in [4.69, 9.17) is 14.5 Å². The van der Waals surface area contributed by atoms with Crippen LogP contribution in [0.5, 0.6) is 11.6 Å². The van der Waals surface area contributed by atoms with Gasteiger partial charge >= 0.3 is 5.97 Å². The molecule has 8 heteroatoms. The van der Waals surface area contributed by atoms with Crippen LogP contribution in [0.25, 0.3) is 22.4 Å². The number of aliphatic carboxylic acids is 1. The standard InChI is InChI=1S/C36H41N3O5/c1-37-21-11-23-43-31-19-17-27(18-20-31)24-33(36(41)42)38-34(40)16-9-4-10-22-44-35-26-30(28-12-5-2-6-13-28)25-32(39-35)29-14-7-3-8-15-29/h2-3,5-8,12-15,17-20,25-26,33,37H,4,9-11,16,21-24H2,1H3,(H,38,40)(H,41,42). The van der Waals surface area contributed by atoms with Crippen LogP contribution in [0.15, 0.2) is 97.1 Å². The molecule has 4 aromatic rings. The first kappa shape index (κ1) is 32.2. The first-order valence-corrected chi connectivity index (χ1v) is 15.2. The number of aromatic nitrogens is 1. The number of carboxylic acid groups (broad SMARTS) is 1. The zero-order valence-corrected chi connectivity index (χ0v) is 25.2. The highest BCUT2D eigenvalue weighted by molar-refractivity contribution is 5.83. The summed E-state index contributed by atoms with van der Waals surface area (Å²) in [6, 6.07) is 30.5. The van der Waals surface area contributed by atoms with Crippen LogP contribution in [0.2, 0.25) is 0 Å². The highest BCUT2D eigenvalue weighted by atomic mass is 16.5. The van der Waals surface area contributed by atoms with Crippen molar-refractivity contribution in [3.63, 3.8) is 0 Å². The SMILES string of the molecule is CNCCCOc1ccc(CC(NC(=O)CCCCCOc2cc(-c3ccccc3)cc(-c3ccccc3)n2)C(=O)O)cc1. The maximum Gasteiger partial charge on any atom is 0.326 e. The van der Waals surface area contributed by atoms with Crippen molar-refractivity contribution < 1.29 is 24.2 Å². The summed E-state index contributed by atoms with van der Waals surface area (Å²) in [7, 11) is 1.90. The van der Waals surface area contributed by atoms with Crippen molar-refractivity contribution in [2.45, 2.75) is 44.6 Å². The van der Waals surface area contributed by atoms with Crippen LogP contribution in [0, 0.1) is 0 Å². The van der Waals surface area contributed by atoms with Crippen LogP contribution >= 0.6 is 0 Å². The van der Waals surface area contributed by atoms with Gasteiger partial charge in [0.1, 0.15) is 11.8 Å². The summed E-state index contributed by atoms with van der Waals surface area (Å²) in [5.41, 5.74) is 4.80. The molecule has 1 aromatic heterocycles. The number of amides is 1. The molecule has 0 spiro atoms. The van der Waals surface area contributed by atoms with Crippen LogP contribution < -0.4 is 20.1 Å². The van der Waals surface area contributed by atoms with Crippen LogP contribution in [0.4, 0.5) is 0 Å². The number of hydrogen-bond donors (Lipinski definition) is 3. The maximum absolute atomic E-state index is 12.5. The van der Waals surface area contributed by atoms with Gasteiger partial charge in [0.25, 0.3) is 0 Å². The average molecular weight is 596 g/mol. The van der Waals surface area contributed by atoms with Crippen molar-refractivity contribution in [1.29, 1.82) is 0 Å². The lowest BCUT2D eigenvalue weighted by atomic mass is 10.0. The van der Waals surface area contributed by atoms with E-state index in [1.807, 2.05) is 85.9 Å². The third-order valence-electron chi connectivity index (χ3n) is 7.11. The molecule has 0 saturated heterocycles. The summed E-state index contributed by atoms with van der Waals surface area (Å²) in [6.07, 6.45) is 3.50. The number of nitrogens with zero attached hydrogens (tertiary/aromatic N) is 1. The number of benzene rings is 3. The number of pyridine rings is 1. The summed E-state index contributed by atoms with van der Waals surface area (Å²) in [6.45, 7) is 1.95. The molecule has 0 aliphatic carbocycles. The highest BCUT2D eigenvalue weighted by Gasteiger charge is 2.20. The van der Waals surface area contributed by atoms with Crippen LogP contribution in [0.3, 0.4) is 0 Å². The van der Waals surface area contributed by atoms with Crippen LogP contribution in [-0.4, -0.2) is 54.8 Å². The molecule has 0 aliphatic heterocycles. The number of carbonyl (C=O) groups is 2. The molecule has 3 aromatic carbocycles. The van der Waals surface area contributed by atoms with E-state index in [9.17, 15) is 14.7 Å². The Bertz CT molecular complexity index is 1390. The lowest BCUT2D eigenvalue weighted by Gasteiger charge is -2.15. The van der Waals surface area contributed by atoms with E-state index in [-0.39, 0.29) is 18.7 Å². The van der Waals surface area contributed by atoms with Gasteiger partial charge in [-0.2, -0.15) is 0 Å². The molecule has 230 valence electrons. The van der Waals surface area contributed by atoms with Crippen molar-refractivity contribution in [2.24, 2.45) is 0 Å². The fourth-order valence-corrected chi connectivity index (χ4v) is 4.74. The summed E-state index contributed by atoms with van der Waals surface area (Å²) in [4.78, 5) is 29.1. The lowest BCUT2D eigenvalue weighted by Crippen LogP contribution is -2.42. The Balaban J connectivity index is 1.21. The van der Waals surface area contributed by atoms with E-state index >= 15 is 0 Å². The number of nitrogens with one attached hydrogen (secondary N) is 2. The van der Waals surface area contributed by atoms with Gasteiger partial charge < -0.3 is 25.2 Å². The van der Waals surface area contributed by atoms with Gasteiger partial charge in [-0.1, -0.05) is 72.8 Å². The van der Waals surface area contributed by atoms with Crippen LogP contribution in [0.1, 0.15) is 37.7 Å². The summed E-state index contributed by atoms with van der Waals surface area (Å²) in [5, 5.41) is 15.4. The Morgan fingerprint density at radius 3 is 2.14 bits per heavy atom. The van der Waals surface area contributed by atoms with Crippen molar-refractivity contribution in [3.8, 4) is 34.0 Å². The molecular formula is C36H41N3O5. The zero-order chi connectivity index (χ0) is 31.0. The third-order valence-corrected chi connectivity index (χ3v) is 7.11. The molecule has 1 unspecified atom stereocenters. The molecule has 3 N–H and O–H groups in total. The molecule has 8 nitrogen and oxygen atoms in total. The molecule has 0 fully saturated rings. The van der Waals surface area contributed by atoms with Gasteiger partial charge in [0.15, 0.2) is 0 Å². The van der Waals surface area contributed by atoms with Gasteiger partial charge in [-0.3, -0.25) is 4.79 Å². The number of carboxylic acids is 1. The van der Waals surface area contributed by atoms with E-state index in [0.717, 1.165) is 59.5 Å². The van der Waals surface area contributed by atoms with E-state index in [2.05, 4.69) is 28.8 Å². The molecule has 0 radical (unpaired) electrons. The van der Waals surface area contributed by atoms with Crippen molar-refractivity contribution in [2.75, 3.05) is 26.8 Å². The topological polar surface area (TPSA) is 110 Å². The Morgan fingerprint density at radius 2 is 1.45 bits per heavy atom. The van der Waals surface area contributed by atoms with Gasteiger partial charge in [0.2, 0.25) is 11.8 Å². The number of ether oxygens (including phenoxy) is 2. The minimum absolute atomic E-state index is 0.203. The highest BCUT2D eigenvalue weighted by Crippen LogP contribution is 2.28. The zero-order valence-electron chi connectivity index (χ0n) is 25.2. The minimum Gasteiger partial charge on any atom is -0.494 e. The monoisotopic (exact) mass is 595 g/mol. The molecule has 0 bridgehead atoms. The Labute approximate surface area is 259 Å². The second-order valence-electron chi connectivity index (χ2n) is 10.6. The van der Waals surface area contributed by atoms with Crippen LogP contribution in [-0.2, 0) is 16.0 Å². The number of hydrogen-bond acceptors (Lipinski definition) is 6. The average Bonchev–Trinajstić information content (AvgIpc) is 3.05. The fraction of sp³-hybridized carbons (Fsp3) is 0.306. The maximum atomic E-state index is 12.5. The van der Waals surface area contributed by atoms with Gasteiger partial charge in [-0.05, 0) is 74.2 Å². The van der Waals surface area contributed by atoms with Crippen molar-refractivity contribution in [1.82, 2.24) is 15.6 Å². The second kappa shape index (κ2) is 17.4. The number of unbranched alkanes of at least 4 members (excludes halogenated alkanes) is 2. The molecule has 4 rings (SSSR count). The van der Waals surface area contributed by atoms with Crippen molar-refractivity contribution in [3.05, 3.63) is 103 Å². The van der Waals surface area contributed by atoms with Gasteiger partial charge in [-0.15, -0.1) is 0 Å². The van der Waals surface area contributed by atoms with Gasteiger partial charge in [0, 0.05) is 24.5 Å². The molecule has 0 aliphatic rings. The number of rotatable bonds is 18. The summed E-state index contributed by atoms with van der Waals surface area (Å²) >= 11 is 0. The normalized spacial score (nSPS) is 11.5. The Hall–Kier alpha value is -4.69. The van der Waals surface area contributed by atoms with E-state index in [1.165, 1.54) is 0 Å². The predicted molar refractivity (Wildman–Crippen MR) is 173 cm³/mol. The molecule has 1 amide bonds. The van der Waals surface area contributed by atoms with E-state index < -0.39 is 12.0 Å². The molecule has 0 saturated carbocycles. The van der Waals surface area contributed by atoms with E-state index in [1.54, 1.807) is 0 Å². The molecule has 44 heavy (non-hydrogen) atoms. The smallest absolute Gasteiger partial charge is 0.326 e.